The lowest BCUT2D eigenvalue weighted by atomic mass is 9.99. The maximum absolute atomic E-state index is 13.0. The van der Waals surface area contributed by atoms with Gasteiger partial charge in [0.1, 0.15) is 18.1 Å². The molecule has 4 atom stereocenters. The molecule has 14 nitrogen and oxygen atoms in total. The third-order valence-electron chi connectivity index (χ3n) is 4.97. The van der Waals surface area contributed by atoms with Crippen LogP contribution in [0.1, 0.15) is 59.8 Å². The Hall–Kier alpha value is -3.42. The topological polar surface area (TPSA) is 252 Å². The van der Waals surface area contributed by atoms with E-state index in [1.54, 1.807) is 0 Å². The molecular weight excluding hydrogens is 474 g/mol. The highest BCUT2D eigenvalue weighted by molar-refractivity contribution is 5.94. The quantitative estimate of drug-likeness (QED) is 0.0630. The molecule has 0 spiro atoms. The molecule has 0 fully saturated rings. The van der Waals surface area contributed by atoms with E-state index in [0.717, 1.165) is 0 Å². The largest absolute Gasteiger partial charge is 0.481 e. The number of nitrogens with one attached hydrogen (secondary N) is 3. The van der Waals surface area contributed by atoms with Gasteiger partial charge in [0.25, 0.3) is 0 Å². The van der Waals surface area contributed by atoms with E-state index in [-0.39, 0.29) is 43.6 Å². The Balaban J connectivity index is 5.48. The molecule has 11 N–H and O–H groups in total. The minimum Gasteiger partial charge on any atom is -0.481 e. The average molecular weight is 516 g/mol. The van der Waals surface area contributed by atoms with Gasteiger partial charge in [0.15, 0.2) is 5.96 Å². The first kappa shape index (κ1) is 32.6. The zero-order valence-corrected chi connectivity index (χ0v) is 21.3. The molecule has 0 rings (SSSR count). The summed E-state index contributed by atoms with van der Waals surface area (Å²) < 4.78 is 0. The molecule has 0 aromatic carbocycles. The van der Waals surface area contributed by atoms with Crippen molar-refractivity contribution in [2.75, 3.05) is 6.54 Å². The van der Waals surface area contributed by atoms with Crippen molar-refractivity contribution in [1.82, 2.24) is 16.0 Å². The number of carbonyl (C=O) groups excluding carboxylic acids is 3. The Labute approximate surface area is 210 Å². The van der Waals surface area contributed by atoms with Crippen molar-refractivity contribution in [3.05, 3.63) is 0 Å². The summed E-state index contributed by atoms with van der Waals surface area (Å²) in [5.41, 5.74) is 16.1. The number of aliphatic imine (C=N–C) groups is 1. The molecule has 206 valence electrons. The predicted octanol–water partition coefficient (Wildman–Crippen LogP) is -1.53. The second kappa shape index (κ2) is 16.3. The lowest BCUT2D eigenvalue weighted by Crippen LogP contribution is -2.57. The van der Waals surface area contributed by atoms with Crippen molar-refractivity contribution in [2.24, 2.45) is 34.0 Å². The normalized spacial score (nSPS) is 14.3. The number of carbonyl (C=O) groups is 5. The summed E-state index contributed by atoms with van der Waals surface area (Å²) in [7, 11) is 0. The van der Waals surface area contributed by atoms with Crippen LogP contribution in [0.2, 0.25) is 0 Å². The second-order valence-corrected chi connectivity index (χ2v) is 9.43. The maximum Gasteiger partial charge on any atom is 0.326 e. The first-order valence-electron chi connectivity index (χ1n) is 11.8. The van der Waals surface area contributed by atoms with Gasteiger partial charge in [-0.2, -0.15) is 0 Å². The van der Waals surface area contributed by atoms with Crippen LogP contribution in [-0.2, 0) is 24.0 Å². The van der Waals surface area contributed by atoms with Crippen molar-refractivity contribution in [2.45, 2.75) is 84.0 Å². The standard InChI is InChI=1S/C22H41N7O7/c1-11(2)8-15(28-18(32)13(23)10-17(30)31)20(34)29-16(9-12(3)4)19(33)27-14(21(35)36)6-5-7-26-22(24)25/h11-16H,5-10,23H2,1-4H3,(H,27,33)(H,28,32)(H,29,34)(H,30,31)(H,35,36)(H4,24,25,26). The van der Waals surface area contributed by atoms with Crippen LogP contribution in [0.25, 0.3) is 0 Å². The van der Waals surface area contributed by atoms with E-state index < -0.39 is 60.2 Å². The monoisotopic (exact) mass is 515 g/mol. The van der Waals surface area contributed by atoms with Crippen molar-refractivity contribution in [3.8, 4) is 0 Å². The van der Waals surface area contributed by atoms with Gasteiger partial charge in [0.05, 0.1) is 12.5 Å². The Morgan fingerprint density at radius 1 is 0.778 bits per heavy atom. The van der Waals surface area contributed by atoms with Crippen LogP contribution in [0.5, 0.6) is 0 Å². The maximum atomic E-state index is 13.0. The minimum atomic E-state index is -1.35. The summed E-state index contributed by atoms with van der Waals surface area (Å²) in [6.45, 7) is 7.49. The summed E-state index contributed by atoms with van der Waals surface area (Å²) in [6.07, 6.45) is 0.165. The van der Waals surface area contributed by atoms with E-state index >= 15 is 0 Å². The summed E-state index contributed by atoms with van der Waals surface area (Å²) in [5, 5.41) is 25.8. The predicted molar refractivity (Wildman–Crippen MR) is 132 cm³/mol. The van der Waals surface area contributed by atoms with Crippen LogP contribution in [0.15, 0.2) is 4.99 Å². The molecule has 0 aliphatic heterocycles. The van der Waals surface area contributed by atoms with Crippen LogP contribution >= 0.6 is 0 Å². The second-order valence-electron chi connectivity index (χ2n) is 9.43. The number of nitrogens with two attached hydrogens (primary N) is 3. The third-order valence-corrected chi connectivity index (χ3v) is 4.97. The zero-order chi connectivity index (χ0) is 28.0. The first-order chi connectivity index (χ1) is 16.6. The van der Waals surface area contributed by atoms with E-state index in [1.807, 2.05) is 27.7 Å². The van der Waals surface area contributed by atoms with Crippen molar-refractivity contribution in [1.29, 1.82) is 0 Å². The lowest BCUT2D eigenvalue weighted by Gasteiger charge is -2.26. The molecular formula is C22H41N7O7. The van der Waals surface area contributed by atoms with Gasteiger partial charge >= 0.3 is 11.9 Å². The average Bonchev–Trinajstić information content (AvgIpc) is 2.73. The van der Waals surface area contributed by atoms with Crippen molar-refractivity contribution >= 4 is 35.6 Å². The number of rotatable bonds is 17. The van der Waals surface area contributed by atoms with Crippen LogP contribution in [-0.4, -0.2) is 76.5 Å². The number of hydrogen-bond donors (Lipinski definition) is 8. The number of carboxylic acids is 2. The molecule has 0 radical (unpaired) electrons. The number of aliphatic carboxylic acids is 2. The highest BCUT2D eigenvalue weighted by atomic mass is 16.4. The summed E-state index contributed by atoms with van der Waals surface area (Å²) in [4.78, 5) is 64.5. The molecule has 0 aliphatic rings. The molecule has 14 heteroatoms. The van der Waals surface area contributed by atoms with Crippen LogP contribution in [0.4, 0.5) is 0 Å². The smallest absolute Gasteiger partial charge is 0.326 e. The molecule has 0 aliphatic carbocycles. The van der Waals surface area contributed by atoms with Gasteiger partial charge in [0, 0.05) is 6.54 Å². The van der Waals surface area contributed by atoms with Gasteiger partial charge < -0.3 is 43.4 Å². The molecule has 0 aromatic rings. The fourth-order valence-electron chi connectivity index (χ4n) is 3.27. The molecule has 3 amide bonds. The number of guanidine groups is 1. The van der Waals surface area contributed by atoms with Crippen molar-refractivity contribution < 1.29 is 34.2 Å². The van der Waals surface area contributed by atoms with E-state index in [2.05, 4.69) is 20.9 Å². The van der Waals surface area contributed by atoms with E-state index in [0.29, 0.717) is 6.42 Å². The Bertz CT molecular complexity index is 798. The Morgan fingerprint density at radius 3 is 1.61 bits per heavy atom. The van der Waals surface area contributed by atoms with E-state index in [1.165, 1.54) is 0 Å². The molecule has 0 bridgehead atoms. The summed E-state index contributed by atoms with van der Waals surface area (Å²) in [5.74, 6) is -4.87. The zero-order valence-electron chi connectivity index (χ0n) is 21.3. The third kappa shape index (κ3) is 14.1. The highest BCUT2D eigenvalue weighted by Crippen LogP contribution is 2.10. The van der Waals surface area contributed by atoms with Gasteiger partial charge in [-0.3, -0.25) is 24.2 Å². The van der Waals surface area contributed by atoms with Crippen LogP contribution in [0.3, 0.4) is 0 Å². The van der Waals surface area contributed by atoms with Gasteiger partial charge in [-0.15, -0.1) is 0 Å². The van der Waals surface area contributed by atoms with E-state index in [4.69, 9.17) is 22.3 Å². The SMILES string of the molecule is CC(C)CC(NC(=O)C(N)CC(=O)O)C(=O)NC(CC(C)C)C(=O)NC(CCCN=C(N)N)C(=O)O. The molecule has 0 saturated heterocycles. The summed E-state index contributed by atoms with van der Waals surface area (Å²) >= 11 is 0. The van der Waals surface area contributed by atoms with Gasteiger partial charge in [-0.25, -0.2) is 4.79 Å². The Morgan fingerprint density at radius 2 is 1.22 bits per heavy atom. The fourth-order valence-corrected chi connectivity index (χ4v) is 3.27. The number of amides is 3. The number of carboxylic acid groups (broad SMARTS) is 2. The molecule has 0 aromatic heterocycles. The summed E-state index contributed by atoms with van der Waals surface area (Å²) in [6, 6.07) is -4.72. The van der Waals surface area contributed by atoms with Crippen LogP contribution in [0, 0.1) is 11.8 Å². The first-order valence-corrected chi connectivity index (χ1v) is 11.8. The lowest BCUT2D eigenvalue weighted by molar-refractivity contribution is -0.142. The van der Waals surface area contributed by atoms with Gasteiger partial charge in [0.2, 0.25) is 17.7 Å². The molecule has 0 heterocycles. The van der Waals surface area contributed by atoms with Crippen molar-refractivity contribution in [3.63, 3.8) is 0 Å². The van der Waals surface area contributed by atoms with Crippen LogP contribution < -0.4 is 33.2 Å². The number of nitrogens with zero attached hydrogens (tertiary/aromatic N) is 1. The van der Waals surface area contributed by atoms with Gasteiger partial charge in [-0.05, 0) is 37.5 Å². The molecule has 0 saturated carbocycles. The highest BCUT2D eigenvalue weighted by Gasteiger charge is 2.31. The number of hydrogen-bond acceptors (Lipinski definition) is 7. The molecule has 36 heavy (non-hydrogen) atoms. The minimum absolute atomic E-state index is 0.0317. The Kier molecular flexibility index (Phi) is 14.7. The van der Waals surface area contributed by atoms with Gasteiger partial charge in [-0.1, -0.05) is 27.7 Å². The molecule has 4 unspecified atom stereocenters. The fraction of sp³-hybridized carbons (Fsp3) is 0.727. The van der Waals surface area contributed by atoms with E-state index in [9.17, 15) is 29.1 Å².